The molecule has 0 N–H and O–H groups in total. The van der Waals surface area contributed by atoms with E-state index in [-0.39, 0.29) is 34.5 Å². The number of nitrogens with zero attached hydrogens (tertiary/aromatic N) is 1. The third-order valence-corrected chi connectivity index (χ3v) is 4.70. The zero-order valence-corrected chi connectivity index (χ0v) is 12.4. The molecule has 0 bridgehead atoms. The number of carbonyl (C=O) groups excluding carboxylic acids is 2. The van der Waals surface area contributed by atoms with Gasteiger partial charge in [0.1, 0.15) is 0 Å². The number of methoxy groups -OCH3 is 1. The lowest BCUT2D eigenvalue weighted by molar-refractivity contribution is -0.146. The predicted molar refractivity (Wildman–Crippen MR) is 68.8 cm³/mol. The van der Waals surface area contributed by atoms with Crippen molar-refractivity contribution < 1.29 is 14.3 Å². The van der Waals surface area contributed by atoms with Crippen LogP contribution in [0.25, 0.3) is 0 Å². The SMILES string of the molecule is COC(=O)C1CN(C(=O)C(Br)C(C)C)CC1C. The van der Waals surface area contributed by atoms with Crippen molar-refractivity contribution in [3.05, 3.63) is 0 Å². The van der Waals surface area contributed by atoms with Crippen LogP contribution in [0.2, 0.25) is 0 Å². The fraction of sp³-hybridized carbons (Fsp3) is 0.833. The highest BCUT2D eigenvalue weighted by atomic mass is 79.9. The molecule has 17 heavy (non-hydrogen) atoms. The van der Waals surface area contributed by atoms with Crippen LogP contribution in [0.5, 0.6) is 0 Å². The molecule has 5 heteroatoms. The number of hydrogen-bond donors (Lipinski definition) is 0. The van der Waals surface area contributed by atoms with Crippen molar-refractivity contribution in [1.29, 1.82) is 0 Å². The van der Waals surface area contributed by atoms with Crippen molar-refractivity contribution in [2.75, 3.05) is 20.2 Å². The summed E-state index contributed by atoms with van der Waals surface area (Å²) in [4.78, 5) is 25.2. The second-order valence-electron chi connectivity index (χ2n) is 5.00. The molecule has 1 fully saturated rings. The van der Waals surface area contributed by atoms with Crippen LogP contribution in [0.1, 0.15) is 20.8 Å². The molecule has 0 saturated carbocycles. The van der Waals surface area contributed by atoms with Crippen LogP contribution < -0.4 is 0 Å². The average molecular weight is 306 g/mol. The van der Waals surface area contributed by atoms with Crippen LogP contribution in [-0.2, 0) is 14.3 Å². The molecule has 0 aromatic carbocycles. The number of carbonyl (C=O) groups is 2. The van der Waals surface area contributed by atoms with Gasteiger partial charge in [0.15, 0.2) is 0 Å². The van der Waals surface area contributed by atoms with Crippen molar-refractivity contribution in [3.8, 4) is 0 Å². The van der Waals surface area contributed by atoms with Crippen LogP contribution in [0.4, 0.5) is 0 Å². The molecule has 1 amide bonds. The molecule has 0 aromatic rings. The fourth-order valence-corrected chi connectivity index (χ4v) is 2.35. The van der Waals surface area contributed by atoms with Crippen molar-refractivity contribution in [1.82, 2.24) is 4.90 Å². The van der Waals surface area contributed by atoms with Crippen molar-refractivity contribution in [2.24, 2.45) is 17.8 Å². The van der Waals surface area contributed by atoms with Crippen LogP contribution in [-0.4, -0.2) is 41.8 Å². The van der Waals surface area contributed by atoms with Crippen molar-refractivity contribution in [2.45, 2.75) is 25.6 Å². The predicted octanol–water partition coefficient (Wildman–Crippen LogP) is 1.67. The number of likely N-dealkylation sites (tertiary alicyclic amines) is 1. The normalized spacial score (nSPS) is 26.1. The maximum atomic E-state index is 12.1. The van der Waals surface area contributed by atoms with Gasteiger partial charge >= 0.3 is 5.97 Å². The first-order valence-electron chi connectivity index (χ1n) is 5.89. The molecule has 3 unspecified atom stereocenters. The minimum Gasteiger partial charge on any atom is -0.469 e. The number of alkyl halides is 1. The lowest BCUT2D eigenvalue weighted by Gasteiger charge is -2.21. The molecule has 1 saturated heterocycles. The molecule has 0 aliphatic carbocycles. The number of rotatable bonds is 3. The first-order valence-corrected chi connectivity index (χ1v) is 6.80. The standard InChI is InChI=1S/C12H20BrNO3/c1-7(2)10(13)11(15)14-5-8(3)9(6-14)12(16)17-4/h7-10H,5-6H2,1-4H3. The summed E-state index contributed by atoms with van der Waals surface area (Å²) < 4.78 is 4.75. The molecule has 4 nitrogen and oxygen atoms in total. The summed E-state index contributed by atoms with van der Waals surface area (Å²) in [6.07, 6.45) is 0. The molecular weight excluding hydrogens is 286 g/mol. The monoisotopic (exact) mass is 305 g/mol. The van der Waals surface area contributed by atoms with E-state index in [1.54, 1.807) is 4.90 Å². The number of halogens is 1. The number of hydrogen-bond acceptors (Lipinski definition) is 3. The maximum absolute atomic E-state index is 12.1. The second kappa shape index (κ2) is 5.85. The van der Waals surface area contributed by atoms with Gasteiger partial charge in [0.2, 0.25) is 5.91 Å². The Morgan fingerprint density at radius 1 is 1.35 bits per heavy atom. The van der Waals surface area contributed by atoms with E-state index >= 15 is 0 Å². The minimum atomic E-state index is -0.219. The maximum Gasteiger partial charge on any atom is 0.310 e. The van der Waals surface area contributed by atoms with E-state index in [2.05, 4.69) is 15.9 Å². The Bertz CT molecular complexity index is 306. The highest BCUT2D eigenvalue weighted by Crippen LogP contribution is 2.26. The van der Waals surface area contributed by atoms with Gasteiger partial charge in [0.25, 0.3) is 0 Å². The Morgan fingerprint density at radius 2 is 1.94 bits per heavy atom. The Morgan fingerprint density at radius 3 is 2.41 bits per heavy atom. The molecular formula is C12H20BrNO3. The van der Waals surface area contributed by atoms with E-state index in [1.807, 2.05) is 20.8 Å². The van der Waals surface area contributed by atoms with Gasteiger partial charge in [-0.25, -0.2) is 0 Å². The van der Waals surface area contributed by atoms with E-state index in [4.69, 9.17) is 4.74 Å². The third-order valence-electron chi connectivity index (χ3n) is 3.25. The molecule has 0 spiro atoms. The number of ether oxygens (including phenoxy) is 1. The lowest BCUT2D eigenvalue weighted by Crippen LogP contribution is -2.37. The molecule has 1 rings (SSSR count). The Kier molecular flexibility index (Phi) is 4.98. The largest absolute Gasteiger partial charge is 0.469 e. The average Bonchev–Trinajstić information content (AvgIpc) is 2.68. The molecule has 1 heterocycles. The van der Waals surface area contributed by atoms with Gasteiger partial charge in [-0.2, -0.15) is 0 Å². The highest BCUT2D eigenvalue weighted by molar-refractivity contribution is 9.10. The molecule has 98 valence electrons. The molecule has 0 aromatic heterocycles. The van der Waals surface area contributed by atoms with Crippen LogP contribution >= 0.6 is 15.9 Å². The summed E-state index contributed by atoms with van der Waals surface area (Å²) >= 11 is 3.40. The Balaban J connectivity index is 2.65. The van der Waals surface area contributed by atoms with Crippen LogP contribution in [0, 0.1) is 17.8 Å². The van der Waals surface area contributed by atoms with Crippen LogP contribution in [0.3, 0.4) is 0 Å². The number of amides is 1. The minimum absolute atomic E-state index is 0.0678. The van der Waals surface area contributed by atoms with Crippen molar-refractivity contribution in [3.63, 3.8) is 0 Å². The van der Waals surface area contributed by atoms with E-state index in [1.165, 1.54) is 7.11 Å². The smallest absolute Gasteiger partial charge is 0.310 e. The van der Waals surface area contributed by atoms with E-state index < -0.39 is 0 Å². The summed E-state index contributed by atoms with van der Waals surface area (Å²) in [6.45, 7) is 7.08. The van der Waals surface area contributed by atoms with Gasteiger partial charge in [-0.1, -0.05) is 36.7 Å². The topological polar surface area (TPSA) is 46.6 Å². The van der Waals surface area contributed by atoms with Gasteiger partial charge in [-0.15, -0.1) is 0 Å². The first-order chi connectivity index (χ1) is 7.88. The first kappa shape index (κ1) is 14.5. The summed E-state index contributed by atoms with van der Waals surface area (Å²) in [7, 11) is 1.39. The molecule has 1 aliphatic rings. The quantitative estimate of drug-likeness (QED) is 0.589. The van der Waals surface area contributed by atoms with E-state index in [0.29, 0.717) is 13.1 Å². The second-order valence-corrected chi connectivity index (χ2v) is 5.98. The van der Waals surface area contributed by atoms with Gasteiger partial charge in [-0.05, 0) is 11.8 Å². The summed E-state index contributed by atoms with van der Waals surface area (Å²) in [5.41, 5.74) is 0. The van der Waals surface area contributed by atoms with Crippen LogP contribution in [0.15, 0.2) is 0 Å². The van der Waals surface area contributed by atoms with Gasteiger partial charge in [0.05, 0.1) is 17.9 Å². The zero-order valence-electron chi connectivity index (χ0n) is 10.8. The zero-order chi connectivity index (χ0) is 13.2. The van der Waals surface area contributed by atoms with Gasteiger partial charge in [-0.3, -0.25) is 9.59 Å². The molecule has 0 radical (unpaired) electrons. The van der Waals surface area contributed by atoms with Crippen molar-refractivity contribution >= 4 is 27.8 Å². The Labute approximate surface area is 111 Å². The summed E-state index contributed by atoms with van der Waals surface area (Å²) in [6, 6.07) is 0. The number of esters is 1. The van der Waals surface area contributed by atoms with E-state index in [9.17, 15) is 9.59 Å². The lowest BCUT2D eigenvalue weighted by atomic mass is 9.99. The summed E-state index contributed by atoms with van der Waals surface area (Å²) in [5.74, 6) is 0.0748. The van der Waals surface area contributed by atoms with Gasteiger partial charge < -0.3 is 9.64 Å². The van der Waals surface area contributed by atoms with Gasteiger partial charge in [0, 0.05) is 13.1 Å². The molecule has 3 atom stereocenters. The highest BCUT2D eigenvalue weighted by Gasteiger charge is 2.39. The van der Waals surface area contributed by atoms with E-state index in [0.717, 1.165) is 0 Å². The Hall–Kier alpha value is -0.580. The third kappa shape index (κ3) is 3.21. The fourth-order valence-electron chi connectivity index (χ4n) is 2.06. The molecule has 1 aliphatic heterocycles. The summed E-state index contributed by atoms with van der Waals surface area (Å²) in [5, 5.41) is 0.